The summed E-state index contributed by atoms with van der Waals surface area (Å²) in [6, 6.07) is 6.44. The first kappa shape index (κ1) is 9.00. The number of hydrogen-bond acceptors (Lipinski definition) is 1. The molecule has 0 bridgehead atoms. The molecule has 2 rings (SSSR count). The molecule has 14 heavy (non-hydrogen) atoms. The van der Waals surface area contributed by atoms with Crippen LogP contribution in [0.15, 0.2) is 30.7 Å². The summed E-state index contributed by atoms with van der Waals surface area (Å²) in [5, 5.41) is 0. The van der Waals surface area contributed by atoms with Gasteiger partial charge in [-0.3, -0.25) is 0 Å². The molecule has 1 aromatic carbocycles. The first-order valence-corrected chi connectivity index (χ1v) is 4.72. The largest absolute Gasteiger partial charge is 0.340 e. The minimum absolute atomic E-state index is 1.05. The van der Waals surface area contributed by atoms with Crippen molar-refractivity contribution in [1.82, 2.24) is 9.55 Å². The highest BCUT2D eigenvalue weighted by atomic mass is 15.0. The molecule has 0 unspecified atom stereocenters. The van der Waals surface area contributed by atoms with Gasteiger partial charge in [-0.05, 0) is 25.5 Å². The van der Waals surface area contributed by atoms with Gasteiger partial charge in [0.1, 0.15) is 0 Å². The van der Waals surface area contributed by atoms with Crippen LogP contribution in [0.5, 0.6) is 0 Å². The molecule has 0 atom stereocenters. The van der Waals surface area contributed by atoms with Gasteiger partial charge in [-0.15, -0.1) is 0 Å². The van der Waals surface area contributed by atoms with Crippen LogP contribution in [0.25, 0.3) is 11.3 Å². The van der Waals surface area contributed by atoms with Crippen molar-refractivity contribution in [2.75, 3.05) is 0 Å². The van der Waals surface area contributed by atoms with E-state index in [1.165, 1.54) is 16.7 Å². The zero-order valence-electron chi connectivity index (χ0n) is 8.78. The van der Waals surface area contributed by atoms with Crippen LogP contribution in [-0.2, 0) is 7.05 Å². The van der Waals surface area contributed by atoms with E-state index in [0.29, 0.717) is 0 Å². The average molecular weight is 186 g/mol. The molecule has 0 radical (unpaired) electrons. The van der Waals surface area contributed by atoms with E-state index in [9.17, 15) is 0 Å². The fraction of sp³-hybridized carbons (Fsp3) is 0.250. The Balaban J connectivity index is 2.55. The maximum absolute atomic E-state index is 4.35. The Hall–Kier alpha value is -1.57. The molecule has 0 saturated carbocycles. The summed E-state index contributed by atoms with van der Waals surface area (Å²) in [4.78, 5) is 4.35. The molecular weight excluding hydrogens is 172 g/mol. The van der Waals surface area contributed by atoms with Crippen LogP contribution in [0.4, 0.5) is 0 Å². The monoisotopic (exact) mass is 186 g/mol. The Morgan fingerprint density at radius 3 is 2.64 bits per heavy atom. The van der Waals surface area contributed by atoms with Crippen LogP contribution in [0, 0.1) is 13.8 Å². The number of hydrogen-bond donors (Lipinski definition) is 0. The molecule has 72 valence electrons. The maximum Gasteiger partial charge on any atom is 0.0951 e. The molecule has 0 saturated heterocycles. The minimum atomic E-state index is 1.05. The smallest absolute Gasteiger partial charge is 0.0951 e. The van der Waals surface area contributed by atoms with Crippen molar-refractivity contribution in [1.29, 1.82) is 0 Å². The number of aryl methyl sites for hydroxylation is 3. The van der Waals surface area contributed by atoms with E-state index in [1.54, 1.807) is 0 Å². The molecule has 0 aliphatic carbocycles. The second kappa shape index (κ2) is 3.29. The fourth-order valence-electron chi connectivity index (χ4n) is 1.56. The van der Waals surface area contributed by atoms with Crippen LogP contribution in [0.1, 0.15) is 11.1 Å². The summed E-state index contributed by atoms with van der Waals surface area (Å²) < 4.78 is 1.97. The van der Waals surface area contributed by atoms with Gasteiger partial charge in [-0.25, -0.2) is 4.98 Å². The van der Waals surface area contributed by atoms with Gasteiger partial charge in [0.25, 0.3) is 0 Å². The van der Waals surface area contributed by atoms with Crippen molar-refractivity contribution in [2.24, 2.45) is 7.05 Å². The van der Waals surface area contributed by atoms with E-state index >= 15 is 0 Å². The number of aromatic nitrogens is 2. The topological polar surface area (TPSA) is 17.8 Å². The molecule has 2 nitrogen and oxygen atoms in total. The lowest BCUT2D eigenvalue weighted by molar-refractivity contribution is 0.913. The van der Waals surface area contributed by atoms with Crippen molar-refractivity contribution >= 4 is 0 Å². The third kappa shape index (κ3) is 1.55. The quantitative estimate of drug-likeness (QED) is 0.669. The van der Waals surface area contributed by atoms with Crippen molar-refractivity contribution < 1.29 is 0 Å². The molecule has 1 aromatic heterocycles. The number of benzene rings is 1. The lowest BCUT2D eigenvalue weighted by atomic mass is 10.0. The van der Waals surface area contributed by atoms with Gasteiger partial charge in [0, 0.05) is 18.8 Å². The number of imidazole rings is 1. The van der Waals surface area contributed by atoms with Crippen molar-refractivity contribution in [3.05, 3.63) is 41.9 Å². The van der Waals surface area contributed by atoms with E-state index in [-0.39, 0.29) is 0 Å². The predicted molar refractivity (Wildman–Crippen MR) is 58.1 cm³/mol. The summed E-state index contributed by atoms with van der Waals surface area (Å²) in [5.74, 6) is 0. The standard InChI is InChI=1S/C12H14N2/c1-9-4-5-10(2)11(6-9)12-7-14(3)8-13-12/h4-8H,1-3H3. The molecule has 0 spiro atoms. The molecule has 0 amide bonds. The van der Waals surface area contributed by atoms with Gasteiger partial charge in [0.15, 0.2) is 0 Å². The van der Waals surface area contributed by atoms with Gasteiger partial charge >= 0.3 is 0 Å². The first-order valence-electron chi connectivity index (χ1n) is 4.72. The van der Waals surface area contributed by atoms with Gasteiger partial charge in [-0.2, -0.15) is 0 Å². The zero-order chi connectivity index (χ0) is 10.1. The maximum atomic E-state index is 4.35. The summed E-state index contributed by atoms with van der Waals surface area (Å²) in [6.07, 6.45) is 3.87. The molecule has 2 aromatic rings. The Labute approximate surface area is 84.2 Å². The molecule has 0 N–H and O–H groups in total. The summed E-state index contributed by atoms with van der Waals surface area (Å²) >= 11 is 0. The van der Waals surface area contributed by atoms with Crippen molar-refractivity contribution in [2.45, 2.75) is 13.8 Å². The highest BCUT2D eigenvalue weighted by molar-refractivity contribution is 5.63. The van der Waals surface area contributed by atoms with E-state index in [2.05, 4.69) is 37.0 Å². The second-order valence-electron chi connectivity index (χ2n) is 3.74. The Kier molecular flexibility index (Phi) is 2.12. The van der Waals surface area contributed by atoms with Gasteiger partial charge in [0.05, 0.1) is 12.0 Å². The number of rotatable bonds is 1. The second-order valence-corrected chi connectivity index (χ2v) is 3.74. The highest BCUT2D eigenvalue weighted by Gasteiger charge is 2.04. The van der Waals surface area contributed by atoms with Crippen LogP contribution in [0.2, 0.25) is 0 Å². The Morgan fingerprint density at radius 2 is 2.00 bits per heavy atom. The molecule has 1 heterocycles. The summed E-state index contributed by atoms with van der Waals surface area (Å²) in [5.41, 5.74) is 4.82. The first-order chi connectivity index (χ1) is 6.66. The van der Waals surface area contributed by atoms with Crippen LogP contribution in [0.3, 0.4) is 0 Å². The molecule has 0 fully saturated rings. The minimum Gasteiger partial charge on any atom is -0.340 e. The predicted octanol–water partition coefficient (Wildman–Crippen LogP) is 2.70. The third-order valence-corrected chi connectivity index (χ3v) is 2.37. The SMILES string of the molecule is Cc1ccc(C)c(-c2cn(C)cn2)c1. The van der Waals surface area contributed by atoms with E-state index < -0.39 is 0 Å². The van der Waals surface area contributed by atoms with Gasteiger partial charge < -0.3 is 4.57 Å². The lowest BCUT2D eigenvalue weighted by Gasteiger charge is -2.03. The van der Waals surface area contributed by atoms with E-state index in [1.807, 2.05) is 24.1 Å². The molecule has 0 aliphatic heterocycles. The number of nitrogens with zero attached hydrogens (tertiary/aromatic N) is 2. The molecule has 0 aliphatic rings. The molecular formula is C12H14N2. The van der Waals surface area contributed by atoms with E-state index in [0.717, 1.165) is 5.69 Å². The third-order valence-electron chi connectivity index (χ3n) is 2.37. The fourth-order valence-corrected chi connectivity index (χ4v) is 1.56. The Bertz CT molecular complexity index is 455. The summed E-state index contributed by atoms with van der Waals surface area (Å²) in [7, 11) is 1.99. The van der Waals surface area contributed by atoms with Gasteiger partial charge in [-0.1, -0.05) is 17.7 Å². The average Bonchev–Trinajstić information content (AvgIpc) is 2.56. The van der Waals surface area contributed by atoms with Crippen LogP contribution in [-0.4, -0.2) is 9.55 Å². The van der Waals surface area contributed by atoms with Crippen LogP contribution >= 0.6 is 0 Å². The normalized spacial score (nSPS) is 10.5. The van der Waals surface area contributed by atoms with Crippen LogP contribution < -0.4 is 0 Å². The van der Waals surface area contributed by atoms with Crippen molar-refractivity contribution in [3.8, 4) is 11.3 Å². The Morgan fingerprint density at radius 1 is 1.21 bits per heavy atom. The van der Waals surface area contributed by atoms with E-state index in [4.69, 9.17) is 0 Å². The van der Waals surface area contributed by atoms with Gasteiger partial charge in [0.2, 0.25) is 0 Å². The molecule has 2 heteroatoms. The summed E-state index contributed by atoms with van der Waals surface area (Å²) in [6.45, 7) is 4.22. The zero-order valence-corrected chi connectivity index (χ0v) is 8.78. The van der Waals surface area contributed by atoms with Crippen molar-refractivity contribution in [3.63, 3.8) is 0 Å². The highest BCUT2D eigenvalue weighted by Crippen LogP contribution is 2.22. The lowest BCUT2D eigenvalue weighted by Crippen LogP contribution is -1.84.